The summed E-state index contributed by atoms with van der Waals surface area (Å²) in [4.78, 5) is 14.0. The van der Waals surface area contributed by atoms with Crippen LogP contribution in [-0.4, -0.2) is 47.0 Å². The van der Waals surface area contributed by atoms with Crippen LogP contribution in [0.15, 0.2) is 42.5 Å². The van der Waals surface area contributed by atoms with Crippen molar-refractivity contribution >= 4 is 17.4 Å². The molecule has 7 heteroatoms. The molecule has 2 N–H and O–H groups in total. The highest BCUT2D eigenvalue weighted by Crippen LogP contribution is 2.21. The zero-order chi connectivity index (χ0) is 20.4. The van der Waals surface area contributed by atoms with Crippen LogP contribution in [-0.2, 0) is 11.2 Å². The second kappa shape index (κ2) is 11.1. The SMILES string of the molecule is COCCOc1ccc(NC(=O)NCCCc2ccc(N(C)C)cc2)cc1F. The number of halogens is 1. The van der Waals surface area contributed by atoms with E-state index in [2.05, 4.69) is 39.8 Å². The fraction of sp³-hybridized carbons (Fsp3) is 0.381. The van der Waals surface area contributed by atoms with Gasteiger partial charge in [0.05, 0.1) is 6.61 Å². The van der Waals surface area contributed by atoms with E-state index in [9.17, 15) is 9.18 Å². The molecule has 0 heterocycles. The number of urea groups is 1. The number of nitrogens with zero attached hydrogens (tertiary/aromatic N) is 1. The molecular weight excluding hydrogens is 361 g/mol. The predicted octanol–water partition coefficient (Wildman–Crippen LogP) is 3.67. The Kier molecular flexibility index (Phi) is 8.55. The molecule has 2 aromatic rings. The van der Waals surface area contributed by atoms with Gasteiger partial charge in [-0.1, -0.05) is 12.1 Å². The smallest absolute Gasteiger partial charge is 0.319 e. The molecule has 0 aromatic heterocycles. The minimum Gasteiger partial charge on any atom is -0.488 e. The Morgan fingerprint density at radius 1 is 1.11 bits per heavy atom. The van der Waals surface area contributed by atoms with E-state index in [0.717, 1.165) is 18.5 Å². The number of carbonyl (C=O) groups is 1. The van der Waals surface area contributed by atoms with Crippen molar-refractivity contribution in [3.8, 4) is 5.75 Å². The fourth-order valence-corrected chi connectivity index (χ4v) is 2.56. The maximum Gasteiger partial charge on any atom is 0.319 e. The summed E-state index contributed by atoms with van der Waals surface area (Å²) >= 11 is 0. The van der Waals surface area contributed by atoms with Gasteiger partial charge in [0.15, 0.2) is 11.6 Å². The second-order valence-corrected chi connectivity index (χ2v) is 6.53. The van der Waals surface area contributed by atoms with E-state index in [1.807, 2.05) is 14.1 Å². The monoisotopic (exact) mass is 389 g/mol. The number of amides is 2. The molecule has 0 atom stereocenters. The first-order chi connectivity index (χ1) is 13.5. The molecule has 2 aromatic carbocycles. The Hall–Kier alpha value is -2.80. The van der Waals surface area contributed by atoms with Gasteiger partial charge in [0.2, 0.25) is 0 Å². The molecule has 0 aliphatic rings. The minimum atomic E-state index is -0.532. The van der Waals surface area contributed by atoms with Crippen molar-refractivity contribution in [1.82, 2.24) is 5.32 Å². The second-order valence-electron chi connectivity index (χ2n) is 6.53. The van der Waals surface area contributed by atoms with Crippen molar-refractivity contribution in [2.75, 3.05) is 51.2 Å². The lowest BCUT2D eigenvalue weighted by Crippen LogP contribution is -2.29. The Labute approximate surface area is 165 Å². The van der Waals surface area contributed by atoms with Crippen molar-refractivity contribution in [3.63, 3.8) is 0 Å². The standard InChI is InChI=1S/C21H28FN3O3/c1-25(2)18-9-6-16(7-10-18)5-4-12-23-21(26)24-17-8-11-20(19(22)15-17)28-14-13-27-3/h6-11,15H,4-5,12-14H2,1-3H3,(H2,23,24,26). The number of hydrogen-bond donors (Lipinski definition) is 2. The van der Waals surface area contributed by atoms with E-state index in [1.54, 1.807) is 13.2 Å². The third kappa shape index (κ3) is 7.08. The third-order valence-electron chi connectivity index (χ3n) is 4.12. The molecule has 0 fully saturated rings. The summed E-state index contributed by atoms with van der Waals surface area (Å²) in [6, 6.07) is 12.3. The van der Waals surface area contributed by atoms with Gasteiger partial charge < -0.3 is 25.0 Å². The maximum atomic E-state index is 14.0. The molecule has 0 radical (unpaired) electrons. The quantitative estimate of drug-likeness (QED) is 0.609. The Morgan fingerprint density at radius 2 is 1.86 bits per heavy atom. The van der Waals surface area contributed by atoms with Crippen LogP contribution >= 0.6 is 0 Å². The average Bonchev–Trinajstić information content (AvgIpc) is 2.67. The fourth-order valence-electron chi connectivity index (χ4n) is 2.56. The Balaban J connectivity index is 1.71. The molecule has 0 unspecified atom stereocenters. The van der Waals surface area contributed by atoms with Gasteiger partial charge in [-0.15, -0.1) is 0 Å². The zero-order valence-corrected chi connectivity index (χ0v) is 16.6. The topological polar surface area (TPSA) is 62.8 Å². The van der Waals surface area contributed by atoms with Crippen LogP contribution < -0.4 is 20.3 Å². The highest BCUT2D eigenvalue weighted by Gasteiger charge is 2.07. The molecule has 152 valence electrons. The first-order valence-electron chi connectivity index (χ1n) is 9.22. The van der Waals surface area contributed by atoms with Crippen LogP contribution in [0.4, 0.5) is 20.6 Å². The van der Waals surface area contributed by atoms with Crippen molar-refractivity contribution in [2.45, 2.75) is 12.8 Å². The van der Waals surface area contributed by atoms with Gasteiger partial charge in [0.1, 0.15) is 6.61 Å². The zero-order valence-electron chi connectivity index (χ0n) is 16.6. The van der Waals surface area contributed by atoms with Crippen LogP contribution in [0.3, 0.4) is 0 Å². The lowest BCUT2D eigenvalue weighted by molar-refractivity contribution is 0.144. The van der Waals surface area contributed by atoms with E-state index in [0.29, 0.717) is 18.8 Å². The molecule has 0 aliphatic heterocycles. The molecule has 2 rings (SSSR count). The summed E-state index contributed by atoms with van der Waals surface area (Å²) in [5, 5.41) is 5.40. The van der Waals surface area contributed by atoms with Gasteiger partial charge in [0.25, 0.3) is 0 Å². The highest BCUT2D eigenvalue weighted by molar-refractivity contribution is 5.89. The van der Waals surface area contributed by atoms with E-state index >= 15 is 0 Å². The van der Waals surface area contributed by atoms with E-state index < -0.39 is 5.82 Å². The molecule has 2 amide bonds. The predicted molar refractivity (Wildman–Crippen MR) is 110 cm³/mol. The molecular formula is C21H28FN3O3. The number of benzene rings is 2. The van der Waals surface area contributed by atoms with Crippen molar-refractivity contribution in [2.24, 2.45) is 0 Å². The van der Waals surface area contributed by atoms with Crippen LogP contribution in [0.2, 0.25) is 0 Å². The number of methoxy groups -OCH3 is 1. The van der Waals surface area contributed by atoms with Gasteiger partial charge in [-0.25, -0.2) is 9.18 Å². The molecule has 0 saturated heterocycles. The number of nitrogens with one attached hydrogen (secondary N) is 2. The number of carbonyl (C=O) groups excluding carboxylic acids is 1. The first kappa shape index (κ1) is 21.5. The number of aryl methyl sites for hydroxylation is 1. The van der Waals surface area contributed by atoms with E-state index in [1.165, 1.54) is 17.7 Å². The molecule has 0 bridgehead atoms. The summed E-state index contributed by atoms with van der Waals surface area (Å²) in [6.45, 7) is 1.17. The lowest BCUT2D eigenvalue weighted by atomic mass is 10.1. The molecule has 6 nitrogen and oxygen atoms in total. The summed E-state index contributed by atoms with van der Waals surface area (Å²) in [7, 11) is 5.56. The summed E-state index contributed by atoms with van der Waals surface area (Å²) in [5.41, 5.74) is 2.75. The first-order valence-corrected chi connectivity index (χ1v) is 9.22. The van der Waals surface area contributed by atoms with Gasteiger partial charge in [-0.2, -0.15) is 0 Å². The highest BCUT2D eigenvalue weighted by atomic mass is 19.1. The number of hydrogen-bond acceptors (Lipinski definition) is 4. The van der Waals surface area contributed by atoms with Crippen molar-refractivity contribution < 1.29 is 18.7 Å². The van der Waals surface area contributed by atoms with Crippen LogP contribution in [0.5, 0.6) is 5.75 Å². The third-order valence-corrected chi connectivity index (χ3v) is 4.12. The summed E-state index contributed by atoms with van der Waals surface area (Å²) in [5.74, 6) is -0.404. The van der Waals surface area contributed by atoms with Crippen molar-refractivity contribution in [1.29, 1.82) is 0 Å². The number of anilines is 2. The van der Waals surface area contributed by atoms with Gasteiger partial charge in [-0.3, -0.25) is 0 Å². The summed E-state index contributed by atoms with van der Waals surface area (Å²) < 4.78 is 24.1. The number of rotatable bonds is 10. The molecule has 0 spiro atoms. The average molecular weight is 389 g/mol. The molecule has 0 aliphatic carbocycles. The lowest BCUT2D eigenvalue weighted by Gasteiger charge is -2.13. The maximum absolute atomic E-state index is 14.0. The largest absolute Gasteiger partial charge is 0.488 e. The van der Waals surface area contributed by atoms with Gasteiger partial charge in [0, 0.05) is 45.2 Å². The van der Waals surface area contributed by atoms with Gasteiger partial charge >= 0.3 is 6.03 Å². The Morgan fingerprint density at radius 3 is 2.50 bits per heavy atom. The van der Waals surface area contributed by atoms with Gasteiger partial charge in [-0.05, 0) is 42.7 Å². The van der Waals surface area contributed by atoms with E-state index in [4.69, 9.17) is 9.47 Å². The van der Waals surface area contributed by atoms with Crippen LogP contribution in [0, 0.1) is 5.82 Å². The Bertz CT molecular complexity index is 751. The summed E-state index contributed by atoms with van der Waals surface area (Å²) in [6.07, 6.45) is 1.69. The van der Waals surface area contributed by atoms with Crippen LogP contribution in [0.1, 0.15) is 12.0 Å². The molecule has 0 saturated carbocycles. The van der Waals surface area contributed by atoms with E-state index in [-0.39, 0.29) is 18.4 Å². The van der Waals surface area contributed by atoms with Crippen molar-refractivity contribution in [3.05, 3.63) is 53.8 Å². The number of ether oxygens (including phenoxy) is 2. The normalized spacial score (nSPS) is 10.4. The minimum absolute atomic E-state index is 0.128. The molecule has 28 heavy (non-hydrogen) atoms. The van der Waals surface area contributed by atoms with Crippen LogP contribution in [0.25, 0.3) is 0 Å².